The quantitative estimate of drug-likeness (QED) is 0.662. The van der Waals surface area contributed by atoms with Crippen molar-refractivity contribution in [2.75, 3.05) is 5.73 Å². The Hall–Kier alpha value is -2.18. The Balaban J connectivity index is 1.98. The molecule has 0 unspecified atom stereocenters. The van der Waals surface area contributed by atoms with Crippen molar-refractivity contribution in [3.8, 4) is 11.1 Å². The first-order valence-corrected chi connectivity index (χ1v) is 7.31. The first kappa shape index (κ1) is 15.7. The van der Waals surface area contributed by atoms with Gasteiger partial charge in [0.25, 0.3) is 0 Å². The third kappa shape index (κ3) is 3.13. The molecule has 3 rings (SSSR count). The standard InChI is InChI=1S/C16H15F4N3/c17-10-7-12(15(18)23-8-10)11-3-6-22-14(13(11)21)9-1-4-16(19,20)5-2-9/h3,6-9H,1-2,4-5,21H2. The maximum atomic E-state index is 13.9. The Morgan fingerprint density at radius 2 is 1.78 bits per heavy atom. The molecule has 0 aliphatic heterocycles. The topological polar surface area (TPSA) is 51.8 Å². The first-order chi connectivity index (χ1) is 10.9. The van der Waals surface area contributed by atoms with Gasteiger partial charge in [-0.15, -0.1) is 0 Å². The second-order valence-electron chi connectivity index (χ2n) is 5.78. The van der Waals surface area contributed by atoms with E-state index in [-0.39, 0.29) is 48.4 Å². The molecule has 0 spiro atoms. The van der Waals surface area contributed by atoms with Crippen LogP contribution in [0.1, 0.15) is 37.3 Å². The predicted octanol–water partition coefficient (Wildman–Crippen LogP) is 4.30. The second kappa shape index (κ2) is 5.79. The van der Waals surface area contributed by atoms with E-state index in [9.17, 15) is 17.6 Å². The van der Waals surface area contributed by atoms with Gasteiger partial charge in [-0.3, -0.25) is 4.98 Å². The minimum absolute atomic E-state index is 0.0627. The first-order valence-electron chi connectivity index (χ1n) is 7.31. The van der Waals surface area contributed by atoms with E-state index < -0.39 is 17.7 Å². The molecule has 2 heterocycles. The summed E-state index contributed by atoms with van der Waals surface area (Å²) < 4.78 is 53.8. The molecule has 3 nitrogen and oxygen atoms in total. The number of anilines is 1. The highest BCUT2D eigenvalue weighted by Gasteiger charge is 2.36. The number of halogens is 4. The minimum Gasteiger partial charge on any atom is -0.397 e. The lowest BCUT2D eigenvalue weighted by Gasteiger charge is -2.28. The molecule has 0 radical (unpaired) electrons. The Morgan fingerprint density at radius 3 is 2.48 bits per heavy atom. The molecule has 1 saturated carbocycles. The van der Waals surface area contributed by atoms with Gasteiger partial charge in [-0.05, 0) is 25.0 Å². The minimum atomic E-state index is -2.65. The Labute approximate surface area is 130 Å². The molecule has 0 bridgehead atoms. The lowest BCUT2D eigenvalue weighted by molar-refractivity contribution is -0.0384. The van der Waals surface area contributed by atoms with Crippen LogP contribution in [-0.4, -0.2) is 15.9 Å². The van der Waals surface area contributed by atoms with Gasteiger partial charge in [0.1, 0.15) is 5.82 Å². The Bertz CT molecular complexity index is 723. The largest absolute Gasteiger partial charge is 0.397 e. The molecule has 0 aromatic carbocycles. The maximum absolute atomic E-state index is 13.9. The zero-order chi connectivity index (χ0) is 16.6. The van der Waals surface area contributed by atoms with Crippen LogP contribution in [0.2, 0.25) is 0 Å². The molecule has 0 atom stereocenters. The SMILES string of the molecule is Nc1c(-c2cc(F)cnc2F)ccnc1C1CCC(F)(F)CC1. The molecule has 1 aliphatic rings. The zero-order valence-corrected chi connectivity index (χ0v) is 12.2. The molecule has 1 aliphatic carbocycles. The summed E-state index contributed by atoms with van der Waals surface area (Å²) in [6.07, 6.45) is 2.28. The van der Waals surface area contributed by atoms with E-state index >= 15 is 0 Å². The molecule has 23 heavy (non-hydrogen) atoms. The van der Waals surface area contributed by atoms with E-state index in [1.165, 1.54) is 12.3 Å². The smallest absolute Gasteiger partial charge is 0.248 e. The number of hydrogen-bond donors (Lipinski definition) is 1. The zero-order valence-electron chi connectivity index (χ0n) is 12.2. The van der Waals surface area contributed by atoms with Gasteiger partial charge in [0, 0.05) is 36.1 Å². The molecule has 0 amide bonds. The van der Waals surface area contributed by atoms with E-state index in [0.29, 0.717) is 5.69 Å². The molecule has 2 aromatic heterocycles. The van der Waals surface area contributed by atoms with Crippen molar-refractivity contribution in [1.82, 2.24) is 9.97 Å². The van der Waals surface area contributed by atoms with Gasteiger partial charge in [-0.25, -0.2) is 18.2 Å². The Kier molecular flexibility index (Phi) is 3.95. The van der Waals surface area contributed by atoms with Crippen molar-refractivity contribution >= 4 is 5.69 Å². The van der Waals surface area contributed by atoms with Gasteiger partial charge in [0.05, 0.1) is 17.6 Å². The molecule has 2 aromatic rings. The average Bonchev–Trinajstić information content (AvgIpc) is 2.51. The molecular weight excluding hydrogens is 310 g/mol. The fourth-order valence-electron chi connectivity index (χ4n) is 2.97. The van der Waals surface area contributed by atoms with Crippen molar-refractivity contribution in [2.45, 2.75) is 37.5 Å². The van der Waals surface area contributed by atoms with Gasteiger partial charge < -0.3 is 5.73 Å². The number of nitrogens with two attached hydrogens (primary N) is 1. The van der Waals surface area contributed by atoms with Crippen LogP contribution in [-0.2, 0) is 0 Å². The number of rotatable bonds is 2. The summed E-state index contributed by atoms with van der Waals surface area (Å²) in [7, 11) is 0. The van der Waals surface area contributed by atoms with Crippen LogP contribution < -0.4 is 5.73 Å². The maximum Gasteiger partial charge on any atom is 0.248 e. The van der Waals surface area contributed by atoms with Crippen LogP contribution in [0, 0.1) is 11.8 Å². The number of hydrogen-bond acceptors (Lipinski definition) is 3. The predicted molar refractivity (Wildman–Crippen MR) is 78.0 cm³/mol. The van der Waals surface area contributed by atoms with Gasteiger partial charge in [-0.1, -0.05) is 0 Å². The van der Waals surface area contributed by atoms with Crippen molar-refractivity contribution in [3.05, 3.63) is 42.0 Å². The number of nitrogens with zero attached hydrogens (tertiary/aromatic N) is 2. The summed E-state index contributed by atoms with van der Waals surface area (Å²) in [5.41, 5.74) is 6.93. The van der Waals surface area contributed by atoms with E-state index in [1.54, 1.807) is 0 Å². The van der Waals surface area contributed by atoms with E-state index in [4.69, 9.17) is 5.73 Å². The van der Waals surface area contributed by atoms with Crippen LogP contribution >= 0.6 is 0 Å². The second-order valence-corrected chi connectivity index (χ2v) is 5.78. The monoisotopic (exact) mass is 325 g/mol. The van der Waals surface area contributed by atoms with Crippen LogP contribution in [0.3, 0.4) is 0 Å². The molecule has 1 fully saturated rings. The summed E-state index contributed by atoms with van der Waals surface area (Å²) in [4.78, 5) is 7.52. The summed E-state index contributed by atoms with van der Waals surface area (Å²) in [5, 5.41) is 0. The fraction of sp³-hybridized carbons (Fsp3) is 0.375. The van der Waals surface area contributed by atoms with Gasteiger partial charge >= 0.3 is 0 Å². The normalized spacial score (nSPS) is 18.1. The van der Waals surface area contributed by atoms with E-state index in [2.05, 4.69) is 9.97 Å². The van der Waals surface area contributed by atoms with Crippen molar-refractivity contribution in [2.24, 2.45) is 0 Å². The summed E-state index contributed by atoms with van der Waals surface area (Å²) >= 11 is 0. The van der Waals surface area contributed by atoms with Crippen LogP contribution in [0.15, 0.2) is 24.5 Å². The van der Waals surface area contributed by atoms with Gasteiger partial charge in [-0.2, -0.15) is 4.39 Å². The molecule has 7 heteroatoms. The number of nitrogen functional groups attached to an aromatic ring is 1. The summed E-state index contributed by atoms with van der Waals surface area (Å²) in [5.74, 6) is -4.39. The van der Waals surface area contributed by atoms with Gasteiger partial charge in [0.2, 0.25) is 11.9 Å². The lowest BCUT2D eigenvalue weighted by atomic mass is 9.83. The van der Waals surface area contributed by atoms with Crippen molar-refractivity contribution < 1.29 is 17.6 Å². The average molecular weight is 325 g/mol. The highest BCUT2D eigenvalue weighted by Crippen LogP contribution is 2.43. The third-order valence-electron chi connectivity index (χ3n) is 4.22. The molecule has 122 valence electrons. The van der Waals surface area contributed by atoms with Crippen LogP contribution in [0.5, 0.6) is 0 Å². The number of alkyl halides is 2. The number of pyridine rings is 2. The van der Waals surface area contributed by atoms with E-state index in [0.717, 1.165) is 12.3 Å². The highest BCUT2D eigenvalue weighted by atomic mass is 19.3. The number of aromatic nitrogens is 2. The van der Waals surface area contributed by atoms with Crippen LogP contribution in [0.4, 0.5) is 23.2 Å². The van der Waals surface area contributed by atoms with Gasteiger partial charge in [0.15, 0.2) is 0 Å². The molecule has 2 N–H and O–H groups in total. The molecule has 0 saturated heterocycles. The Morgan fingerprint density at radius 1 is 1.09 bits per heavy atom. The van der Waals surface area contributed by atoms with Crippen molar-refractivity contribution in [3.63, 3.8) is 0 Å². The molecular formula is C16H15F4N3. The summed E-state index contributed by atoms with van der Waals surface area (Å²) in [6, 6.07) is 2.47. The van der Waals surface area contributed by atoms with Crippen molar-refractivity contribution in [1.29, 1.82) is 0 Å². The highest BCUT2D eigenvalue weighted by molar-refractivity contribution is 5.77. The lowest BCUT2D eigenvalue weighted by Crippen LogP contribution is -2.24. The van der Waals surface area contributed by atoms with Crippen LogP contribution in [0.25, 0.3) is 11.1 Å². The third-order valence-corrected chi connectivity index (χ3v) is 4.22. The summed E-state index contributed by atoms with van der Waals surface area (Å²) in [6.45, 7) is 0. The van der Waals surface area contributed by atoms with E-state index in [1.807, 2.05) is 0 Å². The fourth-order valence-corrected chi connectivity index (χ4v) is 2.97.